The van der Waals surface area contributed by atoms with E-state index < -0.39 is 10.2 Å². The summed E-state index contributed by atoms with van der Waals surface area (Å²) in [6, 6.07) is 0.451. The second kappa shape index (κ2) is 7.22. The Morgan fingerprint density at radius 3 is 2.76 bits per heavy atom. The first-order valence-electron chi connectivity index (χ1n) is 8.04. The zero-order valence-corrected chi connectivity index (χ0v) is 14.3. The predicted octanol–water partition coefficient (Wildman–Crippen LogP) is 1.59. The van der Waals surface area contributed by atoms with Crippen LogP contribution in [0.25, 0.3) is 0 Å². The summed E-state index contributed by atoms with van der Waals surface area (Å²) in [5, 5.41) is 3.43. The summed E-state index contributed by atoms with van der Waals surface area (Å²) in [6.07, 6.45) is 5.05. The van der Waals surface area contributed by atoms with E-state index in [0.717, 1.165) is 31.4 Å². The normalized spacial score (nSPS) is 26.1. The van der Waals surface area contributed by atoms with Gasteiger partial charge in [-0.2, -0.15) is 17.0 Å². The van der Waals surface area contributed by atoms with Crippen molar-refractivity contribution in [2.45, 2.75) is 46.1 Å². The summed E-state index contributed by atoms with van der Waals surface area (Å²) < 4.78 is 28.9. The quantitative estimate of drug-likeness (QED) is 0.784. The molecule has 1 saturated heterocycles. The van der Waals surface area contributed by atoms with Crippen molar-refractivity contribution in [1.29, 1.82) is 0 Å². The Balaban J connectivity index is 1.97. The molecule has 0 aromatic rings. The van der Waals surface area contributed by atoms with E-state index in [9.17, 15) is 8.42 Å². The van der Waals surface area contributed by atoms with E-state index in [2.05, 4.69) is 25.2 Å². The average molecular weight is 315 g/mol. The zero-order valence-electron chi connectivity index (χ0n) is 13.5. The molecule has 0 bridgehead atoms. The van der Waals surface area contributed by atoms with E-state index in [1.165, 1.54) is 0 Å². The second-order valence-corrected chi connectivity index (χ2v) is 8.54. The Bertz CT molecular complexity index is 473. The van der Waals surface area contributed by atoms with E-state index in [4.69, 9.17) is 0 Å². The lowest BCUT2D eigenvalue weighted by Crippen LogP contribution is -2.50. The number of piperidine rings is 1. The fourth-order valence-electron chi connectivity index (χ4n) is 3.04. The third-order valence-corrected chi connectivity index (χ3v) is 6.19. The van der Waals surface area contributed by atoms with Crippen LogP contribution in [0.5, 0.6) is 0 Å². The molecule has 1 N–H and O–H groups in total. The predicted molar refractivity (Wildman–Crippen MR) is 86.3 cm³/mol. The molecule has 5 nitrogen and oxygen atoms in total. The molecule has 1 fully saturated rings. The zero-order chi connectivity index (χ0) is 15.5. The van der Waals surface area contributed by atoms with Crippen LogP contribution in [0.15, 0.2) is 11.6 Å². The lowest BCUT2D eigenvalue weighted by atomic mass is 9.99. The Morgan fingerprint density at radius 1 is 1.33 bits per heavy atom. The van der Waals surface area contributed by atoms with Gasteiger partial charge in [0.15, 0.2) is 0 Å². The minimum atomic E-state index is -3.29. The molecule has 1 atom stereocenters. The Hall–Kier alpha value is -0.430. The van der Waals surface area contributed by atoms with E-state index in [1.807, 2.05) is 6.92 Å². The molecular weight excluding hydrogens is 286 g/mol. The molecule has 21 heavy (non-hydrogen) atoms. The second-order valence-electron chi connectivity index (χ2n) is 6.61. The van der Waals surface area contributed by atoms with Crippen molar-refractivity contribution < 1.29 is 8.42 Å². The third-order valence-electron chi connectivity index (χ3n) is 4.25. The number of nitrogens with one attached hydrogen (secondary N) is 1. The smallest absolute Gasteiger partial charge is 0.282 e. The number of hydrogen-bond acceptors (Lipinski definition) is 3. The van der Waals surface area contributed by atoms with Gasteiger partial charge in [0.1, 0.15) is 0 Å². The van der Waals surface area contributed by atoms with Crippen molar-refractivity contribution in [2.75, 3.05) is 32.7 Å². The number of nitrogens with zero attached hydrogens (tertiary/aromatic N) is 2. The van der Waals surface area contributed by atoms with Crippen LogP contribution in [-0.4, -0.2) is 55.8 Å². The molecule has 0 spiro atoms. The van der Waals surface area contributed by atoms with Crippen LogP contribution in [0.2, 0.25) is 0 Å². The maximum atomic E-state index is 12.8. The molecule has 0 aromatic carbocycles. The summed E-state index contributed by atoms with van der Waals surface area (Å²) in [5.74, 6) is 0.428. The highest BCUT2D eigenvalue weighted by Gasteiger charge is 2.34. The van der Waals surface area contributed by atoms with Crippen molar-refractivity contribution >= 4 is 10.2 Å². The third kappa shape index (κ3) is 4.52. The molecule has 122 valence electrons. The van der Waals surface area contributed by atoms with E-state index in [1.54, 1.807) is 8.61 Å². The maximum Gasteiger partial charge on any atom is 0.282 e. The monoisotopic (exact) mass is 315 g/mol. The summed E-state index contributed by atoms with van der Waals surface area (Å²) in [4.78, 5) is 0. The van der Waals surface area contributed by atoms with Gasteiger partial charge in [-0.3, -0.25) is 0 Å². The fourth-order valence-corrected chi connectivity index (χ4v) is 4.83. The lowest BCUT2D eigenvalue weighted by Gasteiger charge is -2.36. The molecule has 2 aliphatic rings. The molecule has 2 aliphatic heterocycles. The van der Waals surface area contributed by atoms with Gasteiger partial charge in [-0.1, -0.05) is 25.5 Å². The van der Waals surface area contributed by atoms with Crippen LogP contribution in [0, 0.1) is 5.92 Å². The van der Waals surface area contributed by atoms with Crippen LogP contribution in [0.3, 0.4) is 0 Å². The number of rotatable bonds is 5. The molecule has 6 heteroatoms. The van der Waals surface area contributed by atoms with E-state index >= 15 is 0 Å². The molecule has 0 aliphatic carbocycles. The fraction of sp³-hybridized carbons (Fsp3) is 0.867. The van der Waals surface area contributed by atoms with Gasteiger partial charge in [-0.25, -0.2) is 0 Å². The maximum absolute atomic E-state index is 12.8. The van der Waals surface area contributed by atoms with E-state index in [-0.39, 0.29) is 0 Å². The molecule has 2 rings (SSSR count). The van der Waals surface area contributed by atoms with Crippen LogP contribution in [0.1, 0.15) is 40.0 Å². The minimum Gasteiger partial charge on any atom is -0.314 e. The Labute approximate surface area is 129 Å². The van der Waals surface area contributed by atoms with Crippen molar-refractivity contribution in [3.05, 3.63) is 11.6 Å². The lowest BCUT2D eigenvalue weighted by molar-refractivity contribution is 0.240. The molecule has 2 heterocycles. The SMILES string of the molecule is CC1=CCCN(S(=O)(=O)N2CCCC(CNC(C)C)C2)C1. The highest BCUT2D eigenvalue weighted by Crippen LogP contribution is 2.23. The molecule has 0 radical (unpaired) electrons. The van der Waals surface area contributed by atoms with Gasteiger partial charge in [0, 0.05) is 32.2 Å². The molecule has 0 amide bonds. The van der Waals surface area contributed by atoms with Crippen molar-refractivity contribution in [2.24, 2.45) is 5.92 Å². The van der Waals surface area contributed by atoms with Crippen molar-refractivity contribution in [3.63, 3.8) is 0 Å². The van der Waals surface area contributed by atoms with Crippen LogP contribution >= 0.6 is 0 Å². The summed E-state index contributed by atoms with van der Waals surface area (Å²) in [5.41, 5.74) is 1.15. The van der Waals surface area contributed by atoms with Gasteiger partial charge in [0.2, 0.25) is 0 Å². The van der Waals surface area contributed by atoms with Crippen LogP contribution in [-0.2, 0) is 10.2 Å². The van der Waals surface area contributed by atoms with Gasteiger partial charge >= 0.3 is 0 Å². The van der Waals surface area contributed by atoms with Gasteiger partial charge in [-0.15, -0.1) is 0 Å². The first-order chi connectivity index (χ1) is 9.89. The summed E-state index contributed by atoms with van der Waals surface area (Å²) in [6.45, 7) is 9.65. The van der Waals surface area contributed by atoms with Gasteiger partial charge < -0.3 is 5.32 Å². The van der Waals surface area contributed by atoms with Gasteiger partial charge in [-0.05, 0) is 38.6 Å². The molecule has 0 aromatic heterocycles. The molecule has 0 saturated carbocycles. The highest BCUT2D eigenvalue weighted by atomic mass is 32.2. The molecule has 1 unspecified atom stereocenters. The van der Waals surface area contributed by atoms with Gasteiger partial charge in [0.05, 0.1) is 0 Å². The van der Waals surface area contributed by atoms with Crippen LogP contribution < -0.4 is 5.32 Å². The average Bonchev–Trinajstić information content (AvgIpc) is 2.45. The topological polar surface area (TPSA) is 52.7 Å². The Kier molecular flexibility index (Phi) is 5.82. The standard InChI is InChI=1S/C15H29N3O2S/c1-13(2)16-10-15-7-5-9-18(12-15)21(19,20)17-8-4-6-14(3)11-17/h6,13,15-16H,4-5,7-12H2,1-3H3. The number of hydrogen-bond donors (Lipinski definition) is 1. The first kappa shape index (κ1) is 16.9. The van der Waals surface area contributed by atoms with E-state index in [0.29, 0.717) is 38.1 Å². The van der Waals surface area contributed by atoms with Gasteiger partial charge in [0.25, 0.3) is 10.2 Å². The van der Waals surface area contributed by atoms with Crippen molar-refractivity contribution in [1.82, 2.24) is 13.9 Å². The summed E-state index contributed by atoms with van der Waals surface area (Å²) >= 11 is 0. The minimum absolute atomic E-state index is 0.428. The highest BCUT2D eigenvalue weighted by molar-refractivity contribution is 7.86. The molecular formula is C15H29N3O2S. The largest absolute Gasteiger partial charge is 0.314 e. The first-order valence-corrected chi connectivity index (χ1v) is 9.43. The van der Waals surface area contributed by atoms with Crippen molar-refractivity contribution in [3.8, 4) is 0 Å². The van der Waals surface area contributed by atoms with Crippen LogP contribution in [0.4, 0.5) is 0 Å². The summed E-state index contributed by atoms with van der Waals surface area (Å²) in [7, 11) is -3.29. The Morgan fingerprint density at radius 2 is 2.10 bits per heavy atom.